The molecule has 188 valence electrons. The zero-order valence-corrected chi connectivity index (χ0v) is 22.3. The molecule has 1 aliphatic heterocycles. The van der Waals surface area contributed by atoms with Gasteiger partial charge in [-0.1, -0.05) is 12.1 Å². The highest BCUT2D eigenvalue weighted by Crippen LogP contribution is 2.29. The zero-order valence-electron chi connectivity index (χ0n) is 20.2. The maximum Gasteiger partial charge on any atom is 0.168 e. The van der Waals surface area contributed by atoms with E-state index in [0.29, 0.717) is 13.2 Å². The van der Waals surface area contributed by atoms with Gasteiger partial charge in [0.15, 0.2) is 17.1 Å². The topological polar surface area (TPSA) is 86.6 Å². The summed E-state index contributed by atoms with van der Waals surface area (Å²) in [5.41, 5.74) is 2.79. The van der Waals surface area contributed by atoms with Crippen molar-refractivity contribution in [2.24, 2.45) is 0 Å². The SMILES string of the molecule is COc1ccc(CNc2ncnc3c2cnn3-c2cccc(I)c2)cc1OCCCN1CCOCC1. The Labute approximate surface area is 223 Å². The van der Waals surface area contributed by atoms with Gasteiger partial charge in [0.05, 0.1) is 44.2 Å². The van der Waals surface area contributed by atoms with Crippen LogP contribution in [-0.4, -0.2) is 71.2 Å². The van der Waals surface area contributed by atoms with Gasteiger partial charge in [0.2, 0.25) is 0 Å². The number of benzene rings is 2. The van der Waals surface area contributed by atoms with E-state index in [1.54, 1.807) is 19.6 Å². The quantitative estimate of drug-likeness (QED) is 0.215. The van der Waals surface area contributed by atoms with E-state index < -0.39 is 0 Å². The monoisotopic (exact) mass is 600 g/mol. The van der Waals surface area contributed by atoms with Crippen LogP contribution in [0.5, 0.6) is 11.5 Å². The number of anilines is 1. The van der Waals surface area contributed by atoms with Crippen molar-refractivity contribution in [2.75, 3.05) is 51.9 Å². The fourth-order valence-corrected chi connectivity index (χ4v) is 4.73. The Morgan fingerprint density at radius 2 is 1.97 bits per heavy atom. The molecular weight excluding hydrogens is 571 g/mol. The predicted molar refractivity (Wildman–Crippen MR) is 147 cm³/mol. The number of fused-ring (bicyclic) bond motifs is 1. The summed E-state index contributed by atoms with van der Waals surface area (Å²) in [6.07, 6.45) is 4.32. The number of morpholine rings is 1. The van der Waals surface area contributed by atoms with Gasteiger partial charge in [0.1, 0.15) is 12.1 Å². The highest BCUT2D eigenvalue weighted by atomic mass is 127. The molecule has 1 aliphatic rings. The van der Waals surface area contributed by atoms with Gasteiger partial charge in [0.25, 0.3) is 0 Å². The Bertz CT molecular complexity index is 1310. The van der Waals surface area contributed by atoms with E-state index in [0.717, 1.165) is 82.4 Å². The second-order valence-corrected chi connectivity index (χ2v) is 9.74. The lowest BCUT2D eigenvalue weighted by atomic mass is 10.2. The van der Waals surface area contributed by atoms with E-state index in [1.165, 1.54) is 0 Å². The summed E-state index contributed by atoms with van der Waals surface area (Å²) >= 11 is 2.30. The van der Waals surface area contributed by atoms with E-state index in [-0.39, 0.29) is 0 Å². The van der Waals surface area contributed by atoms with Crippen LogP contribution in [0, 0.1) is 3.57 Å². The van der Waals surface area contributed by atoms with Gasteiger partial charge in [-0.05, 0) is 64.9 Å². The molecule has 1 saturated heterocycles. The minimum absolute atomic E-state index is 0.578. The summed E-state index contributed by atoms with van der Waals surface area (Å²) in [5.74, 6) is 2.21. The standard InChI is InChI=1S/C26H29IN6O3/c1-34-23-7-6-19(14-24(23)36-11-3-8-32-9-12-35-13-10-32)16-28-25-22-17-31-33(26(22)30-18-29-25)21-5-2-4-20(27)15-21/h2,4-7,14-15,17-18H,3,8-13,16H2,1H3,(H,28,29,30). The van der Waals surface area contributed by atoms with Crippen LogP contribution in [-0.2, 0) is 11.3 Å². The largest absolute Gasteiger partial charge is 0.493 e. The van der Waals surface area contributed by atoms with Gasteiger partial charge in [-0.15, -0.1) is 0 Å². The van der Waals surface area contributed by atoms with Gasteiger partial charge in [-0.25, -0.2) is 14.6 Å². The summed E-state index contributed by atoms with van der Waals surface area (Å²) in [7, 11) is 1.66. The Kier molecular flexibility index (Phi) is 8.14. The number of ether oxygens (including phenoxy) is 3. The number of hydrogen-bond donors (Lipinski definition) is 1. The third kappa shape index (κ3) is 5.88. The lowest BCUT2D eigenvalue weighted by molar-refractivity contribution is 0.0357. The highest BCUT2D eigenvalue weighted by Gasteiger charge is 2.13. The van der Waals surface area contributed by atoms with Crippen LogP contribution in [0.4, 0.5) is 5.82 Å². The lowest BCUT2D eigenvalue weighted by Crippen LogP contribution is -2.37. The van der Waals surface area contributed by atoms with Crippen molar-refractivity contribution in [2.45, 2.75) is 13.0 Å². The number of nitrogens with one attached hydrogen (secondary N) is 1. The minimum Gasteiger partial charge on any atom is -0.493 e. The molecule has 0 radical (unpaired) electrons. The van der Waals surface area contributed by atoms with Crippen molar-refractivity contribution in [1.82, 2.24) is 24.6 Å². The Morgan fingerprint density at radius 3 is 2.81 bits per heavy atom. The molecule has 0 saturated carbocycles. The van der Waals surface area contributed by atoms with Gasteiger partial charge in [-0.2, -0.15) is 5.10 Å². The van der Waals surface area contributed by atoms with Crippen LogP contribution in [0.2, 0.25) is 0 Å². The number of hydrogen-bond acceptors (Lipinski definition) is 8. The third-order valence-corrected chi connectivity index (χ3v) is 6.76. The lowest BCUT2D eigenvalue weighted by Gasteiger charge is -2.26. The molecule has 1 N–H and O–H groups in total. The van der Waals surface area contributed by atoms with Gasteiger partial charge in [0, 0.05) is 29.7 Å². The van der Waals surface area contributed by atoms with Crippen LogP contribution in [0.15, 0.2) is 55.0 Å². The number of halogens is 1. The summed E-state index contributed by atoms with van der Waals surface area (Å²) in [6.45, 7) is 5.83. The van der Waals surface area contributed by atoms with E-state index in [4.69, 9.17) is 14.2 Å². The molecule has 1 fully saturated rings. The van der Waals surface area contributed by atoms with E-state index in [1.807, 2.05) is 35.0 Å². The van der Waals surface area contributed by atoms with Crippen LogP contribution < -0.4 is 14.8 Å². The summed E-state index contributed by atoms with van der Waals surface area (Å²) < 4.78 is 20.0. The van der Waals surface area contributed by atoms with Crippen molar-refractivity contribution < 1.29 is 14.2 Å². The van der Waals surface area contributed by atoms with Gasteiger partial charge >= 0.3 is 0 Å². The average Bonchev–Trinajstić information content (AvgIpc) is 3.35. The van der Waals surface area contributed by atoms with Crippen molar-refractivity contribution in [3.63, 3.8) is 0 Å². The first-order chi connectivity index (χ1) is 17.7. The van der Waals surface area contributed by atoms with Gasteiger partial charge in [-0.3, -0.25) is 4.90 Å². The maximum absolute atomic E-state index is 6.09. The molecular formula is C26H29IN6O3. The van der Waals surface area contributed by atoms with Crippen LogP contribution in [0.25, 0.3) is 16.7 Å². The number of rotatable bonds is 10. The molecule has 9 nitrogen and oxygen atoms in total. The molecule has 4 aromatic rings. The molecule has 2 aromatic heterocycles. The number of methoxy groups -OCH3 is 1. The zero-order chi connectivity index (χ0) is 24.7. The fourth-order valence-electron chi connectivity index (χ4n) is 4.21. The Balaban J connectivity index is 1.24. The van der Waals surface area contributed by atoms with E-state index in [9.17, 15) is 0 Å². The molecule has 36 heavy (non-hydrogen) atoms. The third-order valence-electron chi connectivity index (χ3n) is 6.09. The molecule has 10 heteroatoms. The van der Waals surface area contributed by atoms with Crippen molar-refractivity contribution in [1.29, 1.82) is 0 Å². The Hall–Kier alpha value is -2.96. The molecule has 0 unspecified atom stereocenters. The summed E-state index contributed by atoms with van der Waals surface area (Å²) in [4.78, 5) is 11.3. The highest BCUT2D eigenvalue weighted by molar-refractivity contribution is 14.1. The van der Waals surface area contributed by atoms with E-state index >= 15 is 0 Å². The molecule has 0 aliphatic carbocycles. The van der Waals surface area contributed by atoms with Crippen molar-refractivity contribution in [3.05, 3.63) is 64.1 Å². The normalized spacial score (nSPS) is 14.2. The smallest absolute Gasteiger partial charge is 0.168 e. The van der Waals surface area contributed by atoms with Crippen LogP contribution in [0.1, 0.15) is 12.0 Å². The maximum atomic E-state index is 6.09. The van der Waals surface area contributed by atoms with Crippen LogP contribution in [0.3, 0.4) is 0 Å². The first kappa shape index (κ1) is 24.7. The molecule has 0 spiro atoms. The predicted octanol–water partition coefficient (Wildman–Crippen LogP) is 4.14. The minimum atomic E-state index is 0.578. The summed E-state index contributed by atoms with van der Waals surface area (Å²) in [6, 6.07) is 14.1. The average molecular weight is 600 g/mol. The molecule has 3 heterocycles. The molecule has 0 amide bonds. The van der Waals surface area contributed by atoms with E-state index in [2.05, 4.69) is 60.0 Å². The molecule has 0 atom stereocenters. The van der Waals surface area contributed by atoms with Crippen molar-refractivity contribution >= 4 is 39.4 Å². The fraction of sp³-hybridized carbons (Fsp3) is 0.346. The van der Waals surface area contributed by atoms with Gasteiger partial charge < -0.3 is 19.5 Å². The second kappa shape index (κ2) is 11.8. The second-order valence-electron chi connectivity index (χ2n) is 8.49. The Morgan fingerprint density at radius 1 is 1.08 bits per heavy atom. The number of nitrogens with zero attached hydrogens (tertiary/aromatic N) is 5. The first-order valence-corrected chi connectivity index (χ1v) is 13.1. The van der Waals surface area contributed by atoms with Crippen molar-refractivity contribution in [3.8, 4) is 17.2 Å². The molecule has 5 rings (SSSR count). The molecule has 0 bridgehead atoms. The number of aromatic nitrogens is 4. The first-order valence-electron chi connectivity index (χ1n) is 12.0. The summed E-state index contributed by atoms with van der Waals surface area (Å²) in [5, 5.41) is 8.86. The van der Waals surface area contributed by atoms with Crippen LogP contribution >= 0.6 is 22.6 Å². The molecule has 2 aromatic carbocycles.